The molecular weight excluding hydrogens is 254 g/mol. The first-order valence-electron chi connectivity index (χ1n) is 5.82. The molecule has 0 atom stereocenters. The van der Waals surface area contributed by atoms with Crippen molar-refractivity contribution in [3.8, 4) is 0 Å². The van der Waals surface area contributed by atoms with E-state index in [4.69, 9.17) is 4.74 Å². The van der Waals surface area contributed by atoms with Crippen LogP contribution in [0.5, 0.6) is 0 Å². The fourth-order valence-corrected chi connectivity index (χ4v) is 2.21. The molecule has 18 heavy (non-hydrogen) atoms. The zero-order valence-corrected chi connectivity index (χ0v) is 11.3. The highest BCUT2D eigenvalue weighted by Gasteiger charge is 2.15. The Kier molecular flexibility index (Phi) is 6.03. The molecule has 6 nitrogen and oxygen atoms in total. The fourth-order valence-electron chi connectivity index (χ4n) is 1.25. The first-order chi connectivity index (χ1) is 8.60. The second kappa shape index (κ2) is 7.30. The van der Waals surface area contributed by atoms with Crippen molar-refractivity contribution in [3.63, 3.8) is 0 Å². The Bertz CT molecular complexity index is 468. The Morgan fingerprint density at radius 1 is 1.56 bits per heavy atom. The van der Waals surface area contributed by atoms with E-state index in [1.807, 2.05) is 6.92 Å². The molecule has 1 aromatic heterocycles. The summed E-state index contributed by atoms with van der Waals surface area (Å²) in [5.74, 6) is 0.651. The number of imidazole rings is 1. The molecule has 0 aliphatic heterocycles. The average Bonchev–Trinajstić information content (AvgIpc) is 2.83. The summed E-state index contributed by atoms with van der Waals surface area (Å²) in [6, 6.07) is 0. The maximum atomic E-state index is 11.8. The highest BCUT2D eigenvalue weighted by atomic mass is 32.2. The summed E-state index contributed by atoms with van der Waals surface area (Å²) < 4.78 is 31.2. The van der Waals surface area contributed by atoms with Crippen molar-refractivity contribution in [1.29, 1.82) is 0 Å². The van der Waals surface area contributed by atoms with Gasteiger partial charge in [-0.15, -0.1) is 6.58 Å². The summed E-state index contributed by atoms with van der Waals surface area (Å²) in [6.45, 7) is 6.59. The van der Waals surface area contributed by atoms with Crippen LogP contribution in [0.4, 0.5) is 0 Å². The molecule has 0 unspecified atom stereocenters. The molecule has 0 amide bonds. The van der Waals surface area contributed by atoms with E-state index in [-0.39, 0.29) is 11.6 Å². The molecule has 0 fully saturated rings. The average molecular weight is 273 g/mol. The lowest BCUT2D eigenvalue weighted by Crippen LogP contribution is -2.27. The van der Waals surface area contributed by atoms with E-state index in [2.05, 4.69) is 21.3 Å². The SMILES string of the molecule is C=CCCOCCNS(=O)(=O)c1cnc(CC)[nH]1. The first-order valence-corrected chi connectivity index (χ1v) is 7.30. The van der Waals surface area contributed by atoms with Crippen molar-refractivity contribution >= 4 is 10.0 Å². The van der Waals surface area contributed by atoms with Crippen molar-refractivity contribution in [3.05, 3.63) is 24.7 Å². The summed E-state index contributed by atoms with van der Waals surface area (Å²) in [6.07, 6.45) is 4.49. The second-order valence-corrected chi connectivity index (χ2v) is 5.37. The summed E-state index contributed by atoms with van der Waals surface area (Å²) in [4.78, 5) is 6.70. The highest BCUT2D eigenvalue weighted by Crippen LogP contribution is 2.05. The topological polar surface area (TPSA) is 84.1 Å². The monoisotopic (exact) mass is 273 g/mol. The molecule has 102 valence electrons. The Balaban J connectivity index is 2.38. The first kappa shape index (κ1) is 14.9. The number of hydrogen-bond donors (Lipinski definition) is 2. The summed E-state index contributed by atoms with van der Waals surface area (Å²) in [5.41, 5.74) is 0. The van der Waals surface area contributed by atoms with E-state index >= 15 is 0 Å². The quantitative estimate of drug-likeness (QED) is 0.516. The predicted molar refractivity (Wildman–Crippen MR) is 68.8 cm³/mol. The van der Waals surface area contributed by atoms with Crippen molar-refractivity contribution in [2.45, 2.75) is 24.8 Å². The van der Waals surface area contributed by atoms with E-state index in [9.17, 15) is 8.42 Å². The normalized spacial score (nSPS) is 11.6. The maximum Gasteiger partial charge on any atom is 0.257 e. The number of sulfonamides is 1. The van der Waals surface area contributed by atoms with Gasteiger partial charge in [0, 0.05) is 13.0 Å². The van der Waals surface area contributed by atoms with E-state index in [0.29, 0.717) is 25.5 Å². The number of ether oxygens (including phenoxy) is 1. The largest absolute Gasteiger partial charge is 0.380 e. The van der Waals surface area contributed by atoms with Crippen LogP contribution in [0.3, 0.4) is 0 Å². The molecule has 2 N–H and O–H groups in total. The molecule has 0 aliphatic rings. The Labute approximate surface area is 108 Å². The third-order valence-corrected chi connectivity index (χ3v) is 3.60. The number of nitrogens with zero attached hydrogens (tertiary/aromatic N) is 1. The van der Waals surface area contributed by atoms with Gasteiger partial charge in [-0.3, -0.25) is 0 Å². The molecule has 0 saturated carbocycles. The number of hydrogen-bond acceptors (Lipinski definition) is 4. The van der Waals surface area contributed by atoms with Gasteiger partial charge in [-0.05, 0) is 6.42 Å². The molecular formula is C11H19N3O3S. The zero-order chi connectivity index (χ0) is 13.4. The maximum absolute atomic E-state index is 11.8. The van der Waals surface area contributed by atoms with Gasteiger partial charge in [0.2, 0.25) is 0 Å². The van der Waals surface area contributed by atoms with Crippen LogP contribution in [0.15, 0.2) is 23.9 Å². The molecule has 1 rings (SSSR count). The second-order valence-electron chi connectivity index (χ2n) is 3.64. The molecule has 0 bridgehead atoms. The van der Waals surface area contributed by atoms with Crippen LogP contribution in [-0.2, 0) is 21.2 Å². The highest BCUT2D eigenvalue weighted by molar-refractivity contribution is 7.89. The minimum Gasteiger partial charge on any atom is -0.380 e. The molecule has 7 heteroatoms. The van der Waals surface area contributed by atoms with Gasteiger partial charge < -0.3 is 9.72 Å². The third-order valence-electron chi connectivity index (χ3n) is 2.23. The summed E-state index contributed by atoms with van der Waals surface area (Å²) >= 11 is 0. The van der Waals surface area contributed by atoms with Gasteiger partial charge in [0.25, 0.3) is 10.0 Å². The minimum atomic E-state index is -3.51. The van der Waals surface area contributed by atoms with Gasteiger partial charge in [0.1, 0.15) is 5.82 Å². The summed E-state index contributed by atoms with van der Waals surface area (Å²) in [5, 5.41) is 0.0884. The van der Waals surface area contributed by atoms with Crippen molar-refractivity contribution in [1.82, 2.24) is 14.7 Å². The van der Waals surface area contributed by atoms with Crippen LogP contribution in [0.2, 0.25) is 0 Å². The lowest BCUT2D eigenvalue weighted by Gasteiger charge is -2.05. The van der Waals surface area contributed by atoms with E-state index in [1.165, 1.54) is 6.20 Å². The number of aromatic amines is 1. The lowest BCUT2D eigenvalue weighted by atomic mass is 10.5. The molecule has 1 heterocycles. The number of rotatable bonds is 9. The van der Waals surface area contributed by atoms with Gasteiger partial charge in [-0.25, -0.2) is 18.1 Å². The molecule has 0 saturated heterocycles. The number of nitrogens with one attached hydrogen (secondary N) is 2. The van der Waals surface area contributed by atoms with Crippen LogP contribution in [-0.4, -0.2) is 38.1 Å². The van der Waals surface area contributed by atoms with Gasteiger partial charge >= 0.3 is 0 Å². The zero-order valence-electron chi connectivity index (χ0n) is 10.5. The molecule has 0 aliphatic carbocycles. The number of aromatic nitrogens is 2. The Morgan fingerprint density at radius 2 is 2.33 bits per heavy atom. The van der Waals surface area contributed by atoms with E-state index in [0.717, 1.165) is 6.42 Å². The van der Waals surface area contributed by atoms with Crippen LogP contribution >= 0.6 is 0 Å². The smallest absolute Gasteiger partial charge is 0.257 e. The van der Waals surface area contributed by atoms with Crippen molar-refractivity contribution in [2.24, 2.45) is 0 Å². The third kappa shape index (κ3) is 4.59. The number of H-pyrrole nitrogens is 1. The number of aryl methyl sites for hydroxylation is 1. The molecule has 0 radical (unpaired) electrons. The lowest BCUT2D eigenvalue weighted by molar-refractivity contribution is 0.144. The van der Waals surface area contributed by atoms with E-state index in [1.54, 1.807) is 6.08 Å². The molecule has 0 aromatic carbocycles. The predicted octanol–water partition coefficient (Wildman–Crippen LogP) is 0.843. The van der Waals surface area contributed by atoms with Gasteiger partial charge in [0.15, 0.2) is 5.03 Å². The Hall–Kier alpha value is -1.18. The summed E-state index contributed by atoms with van der Waals surface area (Å²) in [7, 11) is -3.51. The van der Waals surface area contributed by atoms with Gasteiger partial charge in [0.05, 0.1) is 19.4 Å². The van der Waals surface area contributed by atoms with Crippen LogP contribution in [0, 0.1) is 0 Å². The molecule has 0 spiro atoms. The Morgan fingerprint density at radius 3 is 2.94 bits per heavy atom. The van der Waals surface area contributed by atoms with Crippen molar-refractivity contribution < 1.29 is 13.2 Å². The van der Waals surface area contributed by atoms with Crippen LogP contribution in [0.25, 0.3) is 0 Å². The van der Waals surface area contributed by atoms with Gasteiger partial charge in [-0.2, -0.15) is 0 Å². The van der Waals surface area contributed by atoms with Gasteiger partial charge in [-0.1, -0.05) is 13.0 Å². The molecule has 1 aromatic rings. The minimum absolute atomic E-state index is 0.0884. The van der Waals surface area contributed by atoms with Crippen LogP contribution < -0.4 is 4.72 Å². The standard InChI is InChI=1S/C11H19N3O3S/c1-3-5-7-17-8-6-13-18(15,16)11-9-12-10(4-2)14-11/h3,9,13H,1,4-8H2,2H3,(H,12,14). The fraction of sp³-hybridized carbons (Fsp3) is 0.545. The van der Waals surface area contributed by atoms with Crippen LogP contribution in [0.1, 0.15) is 19.2 Å². The van der Waals surface area contributed by atoms with E-state index < -0.39 is 10.0 Å². The van der Waals surface area contributed by atoms with Crippen molar-refractivity contribution in [2.75, 3.05) is 19.8 Å².